The number of rotatable bonds is 2. The molecule has 1 aliphatic heterocycles. The monoisotopic (exact) mass is 284 g/mol. The number of aliphatic imine (C=N–C) groups is 1. The Hall–Kier alpha value is -1.23. The van der Waals surface area contributed by atoms with Gasteiger partial charge in [0.2, 0.25) is 5.91 Å². The van der Waals surface area contributed by atoms with Gasteiger partial charge in [-0.3, -0.25) is 9.79 Å². The second kappa shape index (κ2) is 4.33. The molecule has 0 radical (unpaired) electrons. The van der Waals surface area contributed by atoms with E-state index < -0.39 is 0 Å². The molecule has 84 valence electrons. The lowest BCUT2D eigenvalue weighted by molar-refractivity contribution is -0.120. The summed E-state index contributed by atoms with van der Waals surface area (Å²) in [6.45, 7) is 1.90. The summed E-state index contributed by atoms with van der Waals surface area (Å²) in [7, 11) is 0. The molecule has 0 saturated carbocycles. The average molecular weight is 285 g/mol. The van der Waals surface area contributed by atoms with Gasteiger partial charge in [-0.1, -0.05) is 6.92 Å². The van der Waals surface area contributed by atoms with E-state index in [9.17, 15) is 9.18 Å². The zero-order chi connectivity index (χ0) is 11.7. The molecule has 5 heteroatoms. The van der Waals surface area contributed by atoms with Gasteiger partial charge in [-0.15, -0.1) is 0 Å². The lowest BCUT2D eigenvalue weighted by atomic mass is 10.2. The van der Waals surface area contributed by atoms with Crippen LogP contribution in [0.5, 0.6) is 0 Å². The summed E-state index contributed by atoms with van der Waals surface area (Å²) in [4.78, 5) is 15.7. The molecule has 16 heavy (non-hydrogen) atoms. The smallest absolute Gasteiger partial charge is 0.250 e. The first kappa shape index (κ1) is 11.3. The first-order chi connectivity index (χ1) is 7.61. The maximum Gasteiger partial charge on any atom is 0.250 e. The molecule has 1 aromatic carbocycles. The van der Waals surface area contributed by atoms with Crippen molar-refractivity contribution in [3.63, 3.8) is 0 Å². The minimum absolute atomic E-state index is 0.0991. The van der Waals surface area contributed by atoms with Crippen molar-refractivity contribution in [1.82, 2.24) is 5.32 Å². The Bertz CT molecular complexity index is 473. The zero-order valence-corrected chi connectivity index (χ0v) is 10.2. The Labute approximate surface area is 101 Å². The first-order valence-electron chi connectivity index (χ1n) is 4.96. The number of carbonyl (C=O) groups is 1. The van der Waals surface area contributed by atoms with Gasteiger partial charge in [0.1, 0.15) is 17.7 Å². The molecule has 1 amide bonds. The zero-order valence-electron chi connectivity index (χ0n) is 8.63. The van der Waals surface area contributed by atoms with Gasteiger partial charge in [-0.2, -0.15) is 0 Å². The van der Waals surface area contributed by atoms with E-state index in [4.69, 9.17) is 0 Å². The van der Waals surface area contributed by atoms with Crippen molar-refractivity contribution in [2.24, 2.45) is 4.99 Å². The fourth-order valence-electron chi connectivity index (χ4n) is 1.51. The normalized spacial score (nSPS) is 19.6. The second-order valence-corrected chi connectivity index (χ2v) is 4.37. The van der Waals surface area contributed by atoms with E-state index in [2.05, 4.69) is 26.2 Å². The van der Waals surface area contributed by atoms with Crippen LogP contribution in [-0.4, -0.2) is 17.8 Å². The third-order valence-corrected chi connectivity index (χ3v) is 3.02. The van der Waals surface area contributed by atoms with Crippen molar-refractivity contribution in [2.45, 2.75) is 19.4 Å². The van der Waals surface area contributed by atoms with Crippen LogP contribution >= 0.6 is 15.9 Å². The minimum Gasteiger partial charge on any atom is -0.309 e. The van der Waals surface area contributed by atoms with Gasteiger partial charge >= 0.3 is 0 Å². The van der Waals surface area contributed by atoms with Crippen LogP contribution in [0.25, 0.3) is 0 Å². The number of nitrogens with one attached hydrogen (secondary N) is 1. The standard InChI is InChI=1S/C11H10BrFN2O/c1-2-9-11(16)15-10(14-9)6-3-4-8(13)7(12)5-6/h3-5,9H,2H2,1H3,(H,14,15,16). The van der Waals surface area contributed by atoms with Gasteiger partial charge in [0.05, 0.1) is 4.47 Å². The lowest BCUT2D eigenvalue weighted by Crippen LogP contribution is -2.28. The van der Waals surface area contributed by atoms with Crippen molar-refractivity contribution in [2.75, 3.05) is 0 Å². The van der Waals surface area contributed by atoms with Crippen LogP contribution in [-0.2, 0) is 4.79 Å². The van der Waals surface area contributed by atoms with Crippen LogP contribution in [0.15, 0.2) is 27.7 Å². The summed E-state index contributed by atoms with van der Waals surface area (Å²) in [6, 6.07) is 4.22. The minimum atomic E-state index is -0.333. The highest BCUT2D eigenvalue weighted by Crippen LogP contribution is 2.18. The number of amidine groups is 1. The highest BCUT2D eigenvalue weighted by Gasteiger charge is 2.25. The van der Waals surface area contributed by atoms with Crippen molar-refractivity contribution < 1.29 is 9.18 Å². The summed E-state index contributed by atoms with van der Waals surface area (Å²) in [6.07, 6.45) is 0.664. The van der Waals surface area contributed by atoms with E-state index in [1.165, 1.54) is 6.07 Å². The Morgan fingerprint density at radius 3 is 2.88 bits per heavy atom. The Balaban J connectivity index is 2.32. The molecule has 0 bridgehead atoms. The number of hydrogen-bond donors (Lipinski definition) is 1. The van der Waals surface area contributed by atoms with E-state index in [0.29, 0.717) is 22.3 Å². The maximum atomic E-state index is 13.0. The van der Waals surface area contributed by atoms with Crippen LogP contribution < -0.4 is 5.32 Å². The van der Waals surface area contributed by atoms with Gasteiger partial charge in [-0.05, 0) is 40.5 Å². The molecule has 1 aliphatic rings. The van der Waals surface area contributed by atoms with Crippen LogP contribution in [0.4, 0.5) is 4.39 Å². The molecule has 2 rings (SSSR count). The Kier molecular flexibility index (Phi) is 3.05. The Morgan fingerprint density at radius 2 is 2.31 bits per heavy atom. The second-order valence-electron chi connectivity index (χ2n) is 3.52. The van der Waals surface area contributed by atoms with E-state index in [0.717, 1.165) is 0 Å². The van der Waals surface area contributed by atoms with Crippen LogP contribution in [0.1, 0.15) is 18.9 Å². The van der Waals surface area contributed by atoms with E-state index in [1.807, 2.05) is 6.92 Å². The number of benzene rings is 1. The number of hydrogen-bond acceptors (Lipinski definition) is 2. The van der Waals surface area contributed by atoms with Gasteiger partial charge in [-0.25, -0.2) is 4.39 Å². The molecule has 1 atom stereocenters. The van der Waals surface area contributed by atoms with Gasteiger partial charge in [0.25, 0.3) is 0 Å². The largest absolute Gasteiger partial charge is 0.309 e. The Morgan fingerprint density at radius 1 is 1.56 bits per heavy atom. The van der Waals surface area contributed by atoms with Crippen molar-refractivity contribution in [1.29, 1.82) is 0 Å². The third kappa shape index (κ3) is 2.00. The molecule has 1 unspecified atom stereocenters. The summed E-state index contributed by atoms with van der Waals surface area (Å²) < 4.78 is 13.4. The highest BCUT2D eigenvalue weighted by atomic mass is 79.9. The molecule has 1 heterocycles. The SMILES string of the molecule is CCC1N=C(c2ccc(F)c(Br)c2)NC1=O. The van der Waals surface area contributed by atoms with Crippen molar-refractivity contribution in [3.05, 3.63) is 34.1 Å². The number of carbonyl (C=O) groups excluding carboxylic acids is 1. The summed E-state index contributed by atoms with van der Waals surface area (Å²) in [5, 5.41) is 2.69. The van der Waals surface area contributed by atoms with E-state index in [1.54, 1.807) is 12.1 Å². The fourth-order valence-corrected chi connectivity index (χ4v) is 1.89. The molecule has 0 saturated heterocycles. The van der Waals surface area contributed by atoms with Crippen molar-refractivity contribution >= 4 is 27.7 Å². The first-order valence-corrected chi connectivity index (χ1v) is 5.75. The molecule has 1 N–H and O–H groups in total. The molecular formula is C11H10BrFN2O. The van der Waals surface area contributed by atoms with E-state index >= 15 is 0 Å². The quantitative estimate of drug-likeness (QED) is 0.889. The summed E-state index contributed by atoms with van der Waals surface area (Å²) in [5.74, 6) is 0.0798. The molecule has 1 aromatic rings. The predicted molar refractivity (Wildman–Crippen MR) is 62.9 cm³/mol. The van der Waals surface area contributed by atoms with Crippen LogP contribution in [0, 0.1) is 5.82 Å². The molecular weight excluding hydrogens is 275 g/mol. The van der Waals surface area contributed by atoms with Crippen LogP contribution in [0.3, 0.4) is 0 Å². The van der Waals surface area contributed by atoms with E-state index in [-0.39, 0.29) is 17.8 Å². The molecule has 3 nitrogen and oxygen atoms in total. The highest BCUT2D eigenvalue weighted by molar-refractivity contribution is 9.10. The molecule has 0 spiro atoms. The van der Waals surface area contributed by atoms with Gasteiger partial charge in [0, 0.05) is 5.56 Å². The molecule has 0 aliphatic carbocycles. The topological polar surface area (TPSA) is 41.5 Å². The third-order valence-electron chi connectivity index (χ3n) is 2.41. The van der Waals surface area contributed by atoms with Crippen molar-refractivity contribution in [3.8, 4) is 0 Å². The van der Waals surface area contributed by atoms with Gasteiger partial charge < -0.3 is 5.32 Å². The lowest BCUT2D eigenvalue weighted by Gasteiger charge is -2.02. The summed E-state index contributed by atoms with van der Waals surface area (Å²) >= 11 is 3.10. The number of halogens is 2. The average Bonchev–Trinajstić information content (AvgIpc) is 2.64. The fraction of sp³-hybridized carbons (Fsp3) is 0.273. The number of amides is 1. The maximum absolute atomic E-state index is 13.0. The molecule has 0 fully saturated rings. The van der Waals surface area contributed by atoms with Gasteiger partial charge in [0.15, 0.2) is 0 Å². The predicted octanol–water partition coefficient (Wildman–Crippen LogP) is 2.24. The summed E-state index contributed by atoms with van der Waals surface area (Å²) in [5.41, 5.74) is 0.706. The molecule has 0 aromatic heterocycles. The van der Waals surface area contributed by atoms with Crippen LogP contribution in [0.2, 0.25) is 0 Å². The number of nitrogens with zero attached hydrogens (tertiary/aromatic N) is 1.